The van der Waals surface area contributed by atoms with E-state index in [0.29, 0.717) is 5.75 Å². The molecule has 1 fully saturated rings. The molecule has 0 radical (unpaired) electrons. The van der Waals surface area contributed by atoms with Crippen molar-refractivity contribution in [2.75, 3.05) is 19.8 Å². The smallest absolute Gasteiger partial charge is 0.249 e. The normalized spacial score (nSPS) is 19.0. The Hall–Kier alpha value is -1.66. The van der Waals surface area contributed by atoms with Crippen LogP contribution in [0.25, 0.3) is 0 Å². The lowest BCUT2D eigenvalue weighted by atomic mass is 10.3. The van der Waals surface area contributed by atoms with E-state index in [1.807, 2.05) is 0 Å². The van der Waals surface area contributed by atoms with Gasteiger partial charge < -0.3 is 9.84 Å². The minimum atomic E-state index is -0.619. The van der Waals surface area contributed by atoms with Crippen LogP contribution in [-0.2, 0) is 9.63 Å². The number of carbonyl (C=O) groups excluding carboxylic acids is 1. The average Bonchev–Trinajstić information content (AvgIpc) is 2.78. The summed E-state index contributed by atoms with van der Waals surface area (Å²) in [5.41, 5.74) is 0. The molecule has 0 aliphatic carbocycles. The number of β-amino-alcohol motifs (C(OH)–C–C–N with tert-alkyl or cyclic N) is 1. The number of nitrogens with zero attached hydrogens (tertiary/aromatic N) is 1. The Balaban J connectivity index is 1.72. The molecule has 0 bridgehead atoms. The van der Waals surface area contributed by atoms with Crippen molar-refractivity contribution in [3.8, 4) is 5.75 Å². The maximum Gasteiger partial charge on any atom is 0.249 e. The highest BCUT2D eigenvalue weighted by molar-refractivity contribution is 5.75. The van der Waals surface area contributed by atoms with Crippen LogP contribution in [0, 0.1) is 5.82 Å². The standard InChI is InChI=1S/C12H14FNO4/c13-9-1-3-11(4-2-9)17-6-5-12(16)14-7-10(15)8-18-14/h1-4,10,15H,5-8H2. The molecule has 0 saturated carbocycles. The van der Waals surface area contributed by atoms with E-state index in [1.54, 1.807) is 0 Å². The van der Waals surface area contributed by atoms with Gasteiger partial charge in [0.05, 0.1) is 25.7 Å². The van der Waals surface area contributed by atoms with Crippen LogP contribution >= 0.6 is 0 Å². The third kappa shape index (κ3) is 3.41. The van der Waals surface area contributed by atoms with Crippen molar-refractivity contribution in [1.82, 2.24) is 5.06 Å². The number of hydroxylamine groups is 2. The molecule has 1 aliphatic rings. The monoisotopic (exact) mass is 255 g/mol. The minimum absolute atomic E-state index is 0.143. The van der Waals surface area contributed by atoms with Crippen molar-refractivity contribution in [3.05, 3.63) is 30.1 Å². The molecule has 1 aliphatic heterocycles. The van der Waals surface area contributed by atoms with Crippen LogP contribution in [0.1, 0.15) is 6.42 Å². The Morgan fingerprint density at radius 3 is 2.83 bits per heavy atom. The number of rotatable bonds is 4. The first-order valence-corrected chi connectivity index (χ1v) is 5.65. The lowest BCUT2D eigenvalue weighted by molar-refractivity contribution is -0.169. The van der Waals surface area contributed by atoms with Gasteiger partial charge in [0.25, 0.3) is 0 Å². The predicted molar refractivity (Wildman–Crippen MR) is 60.2 cm³/mol. The number of halogens is 1. The summed E-state index contributed by atoms with van der Waals surface area (Å²) in [6, 6.07) is 5.57. The number of aliphatic hydroxyl groups excluding tert-OH is 1. The maximum atomic E-state index is 12.6. The molecule has 1 aromatic rings. The first-order valence-electron chi connectivity index (χ1n) is 5.65. The fourth-order valence-corrected chi connectivity index (χ4v) is 1.56. The molecule has 1 heterocycles. The van der Waals surface area contributed by atoms with Gasteiger partial charge >= 0.3 is 0 Å². The van der Waals surface area contributed by atoms with Crippen LogP contribution in [0.3, 0.4) is 0 Å². The topological polar surface area (TPSA) is 59.0 Å². The third-order valence-corrected chi connectivity index (χ3v) is 2.48. The molecule has 1 aromatic carbocycles. The SMILES string of the molecule is O=C(CCOc1ccc(F)cc1)N1CC(O)CO1. The van der Waals surface area contributed by atoms with Gasteiger partial charge in [-0.2, -0.15) is 0 Å². The van der Waals surface area contributed by atoms with Crippen LogP contribution in [0.15, 0.2) is 24.3 Å². The van der Waals surface area contributed by atoms with E-state index in [0.717, 1.165) is 5.06 Å². The zero-order valence-electron chi connectivity index (χ0n) is 9.71. The van der Waals surface area contributed by atoms with E-state index in [4.69, 9.17) is 9.57 Å². The molecule has 2 rings (SSSR count). The summed E-state index contributed by atoms with van der Waals surface area (Å²) in [4.78, 5) is 16.6. The minimum Gasteiger partial charge on any atom is -0.493 e. The van der Waals surface area contributed by atoms with E-state index in [9.17, 15) is 14.3 Å². The number of aliphatic hydroxyl groups is 1. The molecular formula is C12H14FNO4. The van der Waals surface area contributed by atoms with Crippen molar-refractivity contribution >= 4 is 5.91 Å². The van der Waals surface area contributed by atoms with Crippen molar-refractivity contribution < 1.29 is 23.9 Å². The fraction of sp³-hybridized carbons (Fsp3) is 0.417. The number of hydrogen-bond donors (Lipinski definition) is 1. The molecular weight excluding hydrogens is 241 g/mol. The van der Waals surface area contributed by atoms with Gasteiger partial charge in [0.15, 0.2) is 0 Å². The summed E-state index contributed by atoms with van der Waals surface area (Å²) < 4.78 is 17.9. The largest absolute Gasteiger partial charge is 0.493 e. The molecule has 1 unspecified atom stereocenters. The van der Waals surface area contributed by atoms with E-state index in [-0.39, 0.29) is 37.9 Å². The molecule has 98 valence electrons. The molecule has 18 heavy (non-hydrogen) atoms. The summed E-state index contributed by atoms with van der Waals surface area (Å²) in [5, 5.41) is 10.3. The highest BCUT2D eigenvalue weighted by Crippen LogP contribution is 2.12. The van der Waals surface area contributed by atoms with Gasteiger partial charge in [0.1, 0.15) is 18.2 Å². The zero-order chi connectivity index (χ0) is 13.0. The van der Waals surface area contributed by atoms with Crippen molar-refractivity contribution in [3.63, 3.8) is 0 Å². The van der Waals surface area contributed by atoms with Gasteiger partial charge in [-0.05, 0) is 24.3 Å². The van der Waals surface area contributed by atoms with Gasteiger partial charge in [-0.3, -0.25) is 9.63 Å². The van der Waals surface area contributed by atoms with Crippen molar-refractivity contribution in [1.29, 1.82) is 0 Å². The highest BCUT2D eigenvalue weighted by atomic mass is 19.1. The van der Waals surface area contributed by atoms with E-state index < -0.39 is 6.10 Å². The van der Waals surface area contributed by atoms with Crippen LogP contribution < -0.4 is 4.74 Å². The molecule has 1 atom stereocenters. The summed E-state index contributed by atoms with van der Waals surface area (Å²) in [7, 11) is 0. The van der Waals surface area contributed by atoms with Gasteiger partial charge in [-0.1, -0.05) is 0 Å². The molecule has 1 saturated heterocycles. The molecule has 1 amide bonds. The summed E-state index contributed by atoms with van der Waals surface area (Å²) in [6.07, 6.45) is -0.476. The van der Waals surface area contributed by atoms with Gasteiger partial charge in [-0.25, -0.2) is 9.45 Å². The predicted octanol–water partition coefficient (Wildman–Crippen LogP) is 0.729. The van der Waals surface area contributed by atoms with E-state index >= 15 is 0 Å². The van der Waals surface area contributed by atoms with Crippen molar-refractivity contribution in [2.45, 2.75) is 12.5 Å². The van der Waals surface area contributed by atoms with Gasteiger partial charge in [0.2, 0.25) is 5.91 Å². The number of ether oxygens (including phenoxy) is 1. The molecule has 0 spiro atoms. The fourth-order valence-electron chi connectivity index (χ4n) is 1.56. The van der Waals surface area contributed by atoms with Crippen LogP contribution in [0.4, 0.5) is 4.39 Å². The molecule has 5 nitrogen and oxygen atoms in total. The Morgan fingerprint density at radius 1 is 1.50 bits per heavy atom. The second-order valence-electron chi connectivity index (χ2n) is 3.96. The lowest BCUT2D eigenvalue weighted by Gasteiger charge is -2.13. The summed E-state index contributed by atoms with van der Waals surface area (Å²) in [6.45, 7) is 0.514. The van der Waals surface area contributed by atoms with E-state index in [2.05, 4.69) is 0 Å². The lowest BCUT2D eigenvalue weighted by Crippen LogP contribution is -2.29. The first kappa shape index (κ1) is 12.8. The third-order valence-electron chi connectivity index (χ3n) is 2.48. The van der Waals surface area contributed by atoms with Gasteiger partial charge in [0, 0.05) is 0 Å². The average molecular weight is 255 g/mol. The Kier molecular flexibility index (Phi) is 4.11. The number of carbonyl (C=O) groups is 1. The molecule has 6 heteroatoms. The van der Waals surface area contributed by atoms with Crippen LogP contribution in [0.5, 0.6) is 5.75 Å². The summed E-state index contributed by atoms with van der Waals surface area (Å²) in [5.74, 6) is -0.0712. The van der Waals surface area contributed by atoms with Crippen molar-refractivity contribution in [2.24, 2.45) is 0 Å². The number of benzene rings is 1. The Labute approximate surface area is 104 Å². The second-order valence-corrected chi connectivity index (χ2v) is 3.96. The first-order chi connectivity index (χ1) is 8.65. The van der Waals surface area contributed by atoms with E-state index in [1.165, 1.54) is 24.3 Å². The van der Waals surface area contributed by atoms with Crippen LogP contribution in [0.2, 0.25) is 0 Å². The number of amides is 1. The maximum absolute atomic E-state index is 12.6. The molecule has 1 N–H and O–H groups in total. The molecule has 0 aromatic heterocycles. The quantitative estimate of drug-likeness (QED) is 0.861. The number of hydrogen-bond acceptors (Lipinski definition) is 4. The Bertz CT molecular complexity index is 409. The second kappa shape index (κ2) is 5.79. The zero-order valence-corrected chi connectivity index (χ0v) is 9.71. The Morgan fingerprint density at radius 2 is 2.22 bits per heavy atom. The van der Waals surface area contributed by atoms with Crippen LogP contribution in [-0.4, -0.2) is 41.9 Å². The summed E-state index contributed by atoms with van der Waals surface area (Å²) >= 11 is 0. The highest BCUT2D eigenvalue weighted by Gasteiger charge is 2.25. The van der Waals surface area contributed by atoms with Gasteiger partial charge in [-0.15, -0.1) is 0 Å².